The Labute approximate surface area is 381 Å². The first kappa shape index (κ1) is 46.4. The smallest absolute Gasteiger partial charge is 0.189 e. The molecule has 2 saturated heterocycles. The third-order valence-corrected chi connectivity index (χ3v) is 11.4. The molecule has 8 rings (SSSR count). The Morgan fingerprint density at radius 1 is 0.338 bits per heavy atom. The lowest BCUT2D eigenvalue weighted by atomic mass is 9.98. The van der Waals surface area contributed by atoms with Gasteiger partial charge in [0.1, 0.15) is 42.7 Å². The largest absolute Gasteiger partial charge is 0.387 e. The molecule has 0 saturated carbocycles. The van der Waals surface area contributed by atoms with Gasteiger partial charge in [-0.25, -0.2) is 0 Å². The van der Waals surface area contributed by atoms with E-state index in [1.54, 1.807) is 7.11 Å². The second-order valence-corrected chi connectivity index (χ2v) is 16.1. The molecule has 2 heterocycles. The molecule has 1 N–H and O–H groups in total. The van der Waals surface area contributed by atoms with Gasteiger partial charge in [0.2, 0.25) is 0 Å². The summed E-state index contributed by atoms with van der Waals surface area (Å²) in [7, 11) is 1.55. The topological polar surface area (TPSA) is 113 Å². The van der Waals surface area contributed by atoms with E-state index in [4.69, 9.17) is 47.4 Å². The van der Waals surface area contributed by atoms with Crippen LogP contribution in [0.3, 0.4) is 0 Å². The summed E-state index contributed by atoms with van der Waals surface area (Å²) in [6, 6.07) is 59.2. The third-order valence-electron chi connectivity index (χ3n) is 11.4. The van der Waals surface area contributed by atoms with Crippen molar-refractivity contribution in [2.45, 2.75) is 101 Å². The van der Waals surface area contributed by atoms with Gasteiger partial charge in [-0.05, 0) is 33.4 Å². The minimum absolute atomic E-state index is 0.139. The number of methoxy groups -OCH3 is 1. The number of aliphatic hydroxyl groups is 1. The normalized spacial score (nSPS) is 25.6. The number of aliphatic hydroxyl groups excluding tert-OH is 1. The molecule has 340 valence electrons. The van der Waals surface area contributed by atoms with Gasteiger partial charge >= 0.3 is 0 Å². The highest BCUT2D eigenvalue weighted by molar-refractivity contribution is 5.18. The van der Waals surface area contributed by atoms with E-state index in [1.807, 2.05) is 182 Å². The first-order valence-corrected chi connectivity index (χ1v) is 22.2. The van der Waals surface area contributed by atoms with Crippen molar-refractivity contribution >= 4 is 0 Å². The molecule has 0 bridgehead atoms. The van der Waals surface area contributed by atoms with Crippen molar-refractivity contribution < 1.29 is 52.5 Å². The van der Waals surface area contributed by atoms with Crippen LogP contribution in [0.25, 0.3) is 0 Å². The van der Waals surface area contributed by atoms with Gasteiger partial charge in [-0.1, -0.05) is 182 Å². The van der Waals surface area contributed by atoms with Crippen molar-refractivity contribution in [1.82, 2.24) is 0 Å². The zero-order chi connectivity index (χ0) is 44.5. The quantitative estimate of drug-likeness (QED) is 0.0708. The predicted molar refractivity (Wildman–Crippen MR) is 243 cm³/mol. The fourth-order valence-electron chi connectivity index (χ4n) is 7.95. The minimum Gasteiger partial charge on any atom is -0.387 e. The van der Waals surface area contributed by atoms with Crippen molar-refractivity contribution in [3.8, 4) is 0 Å². The molecular weight excluding hydrogens is 825 g/mol. The molecule has 2 fully saturated rings. The second kappa shape index (κ2) is 24.4. The molecule has 0 aromatic heterocycles. The third kappa shape index (κ3) is 13.3. The Bertz CT molecular complexity index is 2210. The summed E-state index contributed by atoms with van der Waals surface area (Å²) in [5.74, 6) is 0. The Kier molecular flexibility index (Phi) is 17.4. The lowest BCUT2D eigenvalue weighted by molar-refractivity contribution is -0.379. The number of hydrogen-bond donors (Lipinski definition) is 1. The molecule has 0 unspecified atom stereocenters. The Hall–Kier alpha value is -5.12. The van der Waals surface area contributed by atoms with Crippen LogP contribution in [0.4, 0.5) is 0 Å². The van der Waals surface area contributed by atoms with Gasteiger partial charge in [-0.2, -0.15) is 0 Å². The maximum atomic E-state index is 12.2. The molecule has 65 heavy (non-hydrogen) atoms. The summed E-state index contributed by atoms with van der Waals surface area (Å²) >= 11 is 0. The van der Waals surface area contributed by atoms with Crippen LogP contribution in [-0.4, -0.2) is 80.4 Å². The number of benzene rings is 6. The Morgan fingerprint density at radius 2 is 0.631 bits per heavy atom. The van der Waals surface area contributed by atoms with E-state index in [9.17, 15) is 5.11 Å². The number of hydrogen-bond acceptors (Lipinski definition) is 11. The van der Waals surface area contributed by atoms with Gasteiger partial charge in [0.15, 0.2) is 18.9 Å². The van der Waals surface area contributed by atoms with Crippen molar-refractivity contribution in [3.63, 3.8) is 0 Å². The van der Waals surface area contributed by atoms with E-state index < -0.39 is 61.6 Å². The maximum absolute atomic E-state index is 12.2. The fraction of sp³-hybridized carbons (Fsp3) is 0.333. The lowest BCUT2D eigenvalue weighted by Crippen LogP contribution is -2.63. The van der Waals surface area contributed by atoms with Gasteiger partial charge < -0.3 is 52.5 Å². The molecule has 0 radical (unpaired) electrons. The van der Waals surface area contributed by atoms with E-state index in [2.05, 4.69) is 0 Å². The van der Waals surface area contributed by atoms with E-state index in [1.165, 1.54) is 0 Å². The summed E-state index contributed by atoms with van der Waals surface area (Å²) in [6.45, 7) is 1.32. The Morgan fingerprint density at radius 3 is 0.985 bits per heavy atom. The zero-order valence-electron chi connectivity index (χ0n) is 36.6. The van der Waals surface area contributed by atoms with Crippen LogP contribution in [0, 0.1) is 0 Å². The standard InChI is InChI=1S/C54H58O11/c1-56-52-49(59-34-41-24-12-4-13-25-41)47(57-32-39-20-8-2-9-21-39)46(55)45(64-52)38-63-54-51(61-36-43-28-16-6-17-29-43)48(58-33-40-22-10-3-11-23-40)50(60-35-42-26-14-5-15-27-42)53(65-54)62-37-44-30-18-7-19-31-44/h2-31,45-55H,32-38H2,1H3/t45-,46+,47+,48+,49-,50+,51-,52+,53+,54-/m1/s1. The summed E-state index contributed by atoms with van der Waals surface area (Å²) < 4.78 is 65.9. The molecule has 6 aromatic rings. The van der Waals surface area contributed by atoms with Crippen LogP contribution in [-0.2, 0) is 87.0 Å². The fourth-order valence-corrected chi connectivity index (χ4v) is 7.95. The summed E-state index contributed by atoms with van der Waals surface area (Å²) in [5, 5.41) is 12.2. The van der Waals surface area contributed by atoms with E-state index >= 15 is 0 Å². The predicted octanol–water partition coefficient (Wildman–Crippen LogP) is 8.56. The van der Waals surface area contributed by atoms with Gasteiger partial charge in [0.05, 0.1) is 46.2 Å². The minimum atomic E-state index is -1.20. The first-order valence-electron chi connectivity index (χ1n) is 22.2. The summed E-state index contributed by atoms with van der Waals surface area (Å²) in [4.78, 5) is 0. The average Bonchev–Trinajstić information content (AvgIpc) is 3.37. The molecule has 2 aliphatic rings. The summed E-state index contributed by atoms with van der Waals surface area (Å²) in [5.41, 5.74) is 5.75. The van der Waals surface area contributed by atoms with Crippen molar-refractivity contribution in [2.75, 3.05) is 13.7 Å². The summed E-state index contributed by atoms with van der Waals surface area (Å²) in [6.07, 6.45) is -9.10. The van der Waals surface area contributed by atoms with E-state index in [0.717, 1.165) is 33.4 Å². The highest BCUT2D eigenvalue weighted by atomic mass is 16.8. The highest BCUT2D eigenvalue weighted by Gasteiger charge is 2.52. The van der Waals surface area contributed by atoms with Crippen LogP contribution in [0.5, 0.6) is 0 Å². The van der Waals surface area contributed by atoms with Crippen LogP contribution >= 0.6 is 0 Å². The molecule has 6 aromatic carbocycles. The molecule has 2 aliphatic heterocycles. The van der Waals surface area contributed by atoms with Crippen LogP contribution in [0.1, 0.15) is 33.4 Å². The van der Waals surface area contributed by atoms with Gasteiger partial charge in [-0.15, -0.1) is 0 Å². The Balaban J connectivity index is 1.08. The van der Waals surface area contributed by atoms with E-state index in [0.29, 0.717) is 0 Å². The van der Waals surface area contributed by atoms with Gasteiger partial charge in [0, 0.05) is 7.11 Å². The van der Waals surface area contributed by atoms with Gasteiger partial charge in [-0.3, -0.25) is 0 Å². The zero-order valence-corrected chi connectivity index (χ0v) is 36.6. The monoisotopic (exact) mass is 882 g/mol. The van der Waals surface area contributed by atoms with E-state index in [-0.39, 0.29) is 46.2 Å². The van der Waals surface area contributed by atoms with Crippen molar-refractivity contribution in [1.29, 1.82) is 0 Å². The maximum Gasteiger partial charge on any atom is 0.189 e. The molecule has 0 aliphatic carbocycles. The molecule has 11 heteroatoms. The molecule has 0 amide bonds. The van der Waals surface area contributed by atoms with Gasteiger partial charge in [0.25, 0.3) is 0 Å². The average molecular weight is 883 g/mol. The van der Waals surface area contributed by atoms with Crippen LogP contribution in [0.15, 0.2) is 182 Å². The molecule has 10 atom stereocenters. The van der Waals surface area contributed by atoms with Crippen molar-refractivity contribution in [3.05, 3.63) is 215 Å². The van der Waals surface area contributed by atoms with Crippen LogP contribution < -0.4 is 0 Å². The number of rotatable bonds is 22. The molecule has 11 nitrogen and oxygen atoms in total. The van der Waals surface area contributed by atoms with Crippen LogP contribution in [0.2, 0.25) is 0 Å². The highest BCUT2D eigenvalue weighted by Crippen LogP contribution is 2.34. The lowest BCUT2D eigenvalue weighted by Gasteiger charge is -2.47. The molecule has 0 spiro atoms. The SMILES string of the molecule is CO[C@H]1O[C@H](CO[C@@H]2O[C@H](OCc3ccccc3)[C@@H](OCc3ccccc3)[C@H](OCc3ccccc3)[C@H]2OCc2ccccc2)[C@H](O)[C@H](OCc2ccccc2)[C@H]1OCc1ccccc1. The number of ether oxygens (including phenoxy) is 10. The molecular formula is C54H58O11. The first-order chi connectivity index (χ1) is 32.1. The van der Waals surface area contributed by atoms with Crippen molar-refractivity contribution in [2.24, 2.45) is 0 Å². The second-order valence-electron chi connectivity index (χ2n) is 16.1.